The highest BCUT2D eigenvalue weighted by Crippen LogP contribution is 2.48. The lowest BCUT2D eigenvalue weighted by Gasteiger charge is -2.32. The minimum Gasteiger partial charge on any atom is -0.488 e. The first-order valence-corrected chi connectivity index (χ1v) is 22.9. The zero-order valence-electron chi connectivity index (χ0n) is 38.4. The molecule has 0 radical (unpaired) electrons. The Bertz CT molecular complexity index is 2650. The number of imidazole rings is 2. The first-order valence-electron chi connectivity index (χ1n) is 22.9. The van der Waals surface area contributed by atoms with E-state index in [2.05, 4.69) is 57.0 Å². The number of rotatable bonds is 12. The number of benzene rings is 3. The molecular formula is C49H60N8O8. The van der Waals surface area contributed by atoms with Gasteiger partial charge in [-0.2, -0.15) is 0 Å². The van der Waals surface area contributed by atoms with Crippen molar-refractivity contribution in [3.63, 3.8) is 0 Å². The van der Waals surface area contributed by atoms with Crippen LogP contribution in [0.3, 0.4) is 0 Å². The summed E-state index contributed by atoms with van der Waals surface area (Å²) in [6.45, 7) is 11.1. The van der Waals surface area contributed by atoms with Crippen LogP contribution in [-0.2, 0) is 30.4 Å². The van der Waals surface area contributed by atoms with E-state index in [0.717, 1.165) is 92.7 Å². The number of hydrogen-bond donors (Lipinski definition) is 4. The maximum absolute atomic E-state index is 14.2. The van der Waals surface area contributed by atoms with Gasteiger partial charge >= 0.3 is 12.2 Å². The number of methoxy groups -OCH3 is 3. The van der Waals surface area contributed by atoms with Crippen LogP contribution in [0.1, 0.15) is 108 Å². The third-order valence-corrected chi connectivity index (χ3v) is 13.8. The van der Waals surface area contributed by atoms with Crippen LogP contribution in [0.2, 0.25) is 0 Å². The Morgan fingerprint density at radius 3 is 2.20 bits per heavy atom. The Balaban J connectivity index is 1.01. The quantitative estimate of drug-likeness (QED) is 0.0958. The fourth-order valence-corrected chi connectivity index (χ4v) is 10.2. The number of nitrogens with zero attached hydrogens (tertiary/aromatic N) is 4. The van der Waals surface area contributed by atoms with Crippen molar-refractivity contribution in [2.45, 2.75) is 109 Å². The molecule has 4 N–H and O–H groups in total. The van der Waals surface area contributed by atoms with Crippen molar-refractivity contribution in [2.24, 2.45) is 17.8 Å². The number of H-pyrrole nitrogens is 2. The second kappa shape index (κ2) is 17.7. The summed E-state index contributed by atoms with van der Waals surface area (Å²) in [6, 6.07) is 12.7. The zero-order chi connectivity index (χ0) is 45.8. The summed E-state index contributed by atoms with van der Waals surface area (Å²) in [6.07, 6.45) is 3.10. The van der Waals surface area contributed by atoms with E-state index >= 15 is 0 Å². The van der Waals surface area contributed by atoms with Gasteiger partial charge in [0.1, 0.15) is 36.1 Å². The second-order valence-electron chi connectivity index (χ2n) is 18.9. The molecular weight excluding hydrogens is 829 g/mol. The smallest absolute Gasteiger partial charge is 0.407 e. The van der Waals surface area contributed by atoms with E-state index in [9.17, 15) is 19.2 Å². The van der Waals surface area contributed by atoms with Gasteiger partial charge in [0.05, 0.1) is 49.6 Å². The van der Waals surface area contributed by atoms with Crippen LogP contribution in [0.25, 0.3) is 44.2 Å². The van der Waals surface area contributed by atoms with Crippen LogP contribution in [0.5, 0.6) is 5.75 Å². The molecule has 0 bridgehead atoms. The van der Waals surface area contributed by atoms with Gasteiger partial charge in [-0.15, -0.1) is 0 Å². The highest BCUT2D eigenvalue weighted by atomic mass is 16.5. The number of hydrogen-bond acceptors (Lipinski definition) is 10. The zero-order valence-corrected chi connectivity index (χ0v) is 38.4. The number of alkyl carbamates (subject to hydrolysis) is 2. The van der Waals surface area contributed by atoms with Crippen LogP contribution in [0.15, 0.2) is 42.5 Å². The molecule has 0 spiro atoms. The molecule has 2 saturated heterocycles. The van der Waals surface area contributed by atoms with E-state index in [1.54, 1.807) is 7.11 Å². The van der Waals surface area contributed by atoms with Gasteiger partial charge in [-0.05, 0) is 91.6 Å². The molecule has 9 rings (SSSR count). The second-order valence-corrected chi connectivity index (χ2v) is 18.9. The molecule has 65 heavy (non-hydrogen) atoms. The molecule has 2 aromatic heterocycles. The highest BCUT2D eigenvalue weighted by molar-refractivity contribution is 6.07. The predicted octanol–water partition coefficient (Wildman–Crippen LogP) is 7.89. The third kappa shape index (κ3) is 8.25. The minimum atomic E-state index is -0.752. The summed E-state index contributed by atoms with van der Waals surface area (Å²) in [5, 5.41) is 7.47. The summed E-state index contributed by atoms with van der Waals surface area (Å²) >= 11 is 0. The maximum Gasteiger partial charge on any atom is 0.407 e. The third-order valence-electron chi connectivity index (χ3n) is 13.8. The van der Waals surface area contributed by atoms with Crippen molar-refractivity contribution in [1.82, 2.24) is 40.4 Å². The Hall–Kier alpha value is -6.16. The molecule has 16 nitrogen and oxygen atoms in total. The average Bonchev–Trinajstić information content (AvgIpc) is 3.59. The van der Waals surface area contributed by atoms with Gasteiger partial charge in [-0.3, -0.25) is 9.59 Å². The molecule has 4 aliphatic rings. The fraction of sp³-hybridized carbons (Fsp3) is 0.510. The molecule has 5 heterocycles. The van der Waals surface area contributed by atoms with E-state index < -0.39 is 24.3 Å². The average molecular weight is 889 g/mol. The molecule has 6 unspecified atom stereocenters. The lowest BCUT2D eigenvalue weighted by Crippen LogP contribution is -2.52. The van der Waals surface area contributed by atoms with Crippen molar-refractivity contribution in [3.05, 3.63) is 65.4 Å². The van der Waals surface area contributed by atoms with E-state index in [1.807, 2.05) is 50.5 Å². The van der Waals surface area contributed by atoms with E-state index in [4.69, 9.17) is 28.9 Å². The predicted molar refractivity (Wildman–Crippen MR) is 244 cm³/mol. The number of carbonyl (C=O) groups excluding carboxylic acids is 4. The molecule has 3 aliphatic heterocycles. The highest BCUT2D eigenvalue weighted by Gasteiger charge is 2.44. The number of amides is 4. The SMILES string of the molecule is COCC1CC(c2nc(-c3ccc4c(c3)COc3cc5c(ccc6[nH]c(C7CCC(C)N7C(=O)C(NC(=O)OC)C(C)C)nc65)cc3-4)c(C3CC3)[nH]2)N(C(=O)C(NC(=O)OC)C(C)C)C1. The Morgan fingerprint density at radius 2 is 1.52 bits per heavy atom. The monoisotopic (exact) mass is 888 g/mol. The molecule has 344 valence electrons. The summed E-state index contributed by atoms with van der Waals surface area (Å²) in [4.78, 5) is 74.1. The van der Waals surface area contributed by atoms with Gasteiger partial charge in [0.15, 0.2) is 0 Å². The number of likely N-dealkylation sites (tertiary alicyclic amines) is 2. The molecule has 3 fully saturated rings. The lowest BCUT2D eigenvalue weighted by atomic mass is 9.92. The summed E-state index contributed by atoms with van der Waals surface area (Å²) < 4.78 is 21.8. The maximum atomic E-state index is 14.2. The molecule has 1 aliphatic carbocycles. The van der Waals surface area contributed by atoms with Crippen molar-refractivity contribution in [1.29, 1.82) is 0 Å². The largest absolute Gasteiger partial charge is 0.488 e. The van der Waals surface area contributed by atoms with Crippen LogP contribution >= 0.6 is 0 Å². The minimum absolute atomic E-state index is 0.0300. The summed E-state index contributed by atoms with van der Waals surface area (Å²) in [7, 11) is 4.27. The van der Waals surface area contributed by atoms with Gasteiger partial charge in [0, 0.05) is 53.7 Å². The van der Waals surface area contributed by atoms with Gasteiger partial charge in [-0.25, -0.2) is 19.6 Å². The molecule has 6 atom stereocenters. The van der Waals surface area contributed by atoms with Crippen LogP contribution in [0, 0.1) is 17.8 Å². The first kappa shape index (κ1) is 44.1. The summed E-state index contributed by atoms with van der Waals surface area (Å²) in [5.74, 6) is 2.08. The number of fused-ring (bicyclic) bond motifs is 6. The van der Waals surface area contributed by atoms with E-state index in [1.165, 1.54) is 14.2 Å². The van der Waals surface area contributed by atoms with Gasteiger partial charge in [0.2, 0.25) is 11.8 Å². The summed E-state index contributed by atoms with van der Waals surface area (Å²) in [5.41, 5.74) is 7.77. The van der Waals surface area contributed by atoms with E-state index in [0.29, 0.717) is 37.9 Å². The van der Waals surface area contributed by atoms with Gasteiger partial charge in [-0.1, -0.05) is 45.9 Å². The number of aromatic nitrogens is 4. The number of carbonyl (C=O) groups is 4. The van der Waals surface area contributed by atoms with Crippen LogP contribution < -0.4 is 15.4 Å². The van der Waals surface area contributed by atoms with Crippen molar-refractivity contribution >= 4 is 45.8 Å². The lowest BCUT2D eigenvalue weighted by molar-refractivity contribution is -0.137. The molecule has 5 aromatic rings. The van der Waals surface area contributed by atoms with E-state index in [-0.39, 0.29) is 47.7 Å². The van der Waals surface area contributed by atoms with Crippen molar-refractivity contribution in [3.8, 4) is 28.1 Å². The van der Waals surface area contributed by atoms with Crippen molar-refractivity contribution < 1.29 is 38.1 Å². The van der Waals surface area contributed by atoms with Crippen LogP contribution in [-0.4, -0.2) is 106 Å². The Labute approximate surface area is 378 Å². The number of nitrogens with one attached hydrogen (secondary N) is 4. The molecule has 1 saturated carbocycles. The van der Waals surface area contributed by atoms with Gasteiger partial charge in [0.25, 0.3) is 0 Å². The number of ether oxygens (including phenoxy) is 4. The number of aromatic amines is 2. The Kier molecular flexibility index (Phi) is 12.0. The standard InChI is InChI=1S/C49H60N8O8/c1-24(2)39(54-48(60)63-7)46(58)56-21-27(22-62-6)17-37(56)45-51-41(28-10-11-28)42(52-45)30-12-14-32-31(18-30)23-65-38-20-33-29(19-34(32)38)13-15-35-43(33)53-44(50-35)36-16-9-26(5)57(36)47(59)40(25(3)4)55-49(61)64-8/h12-15,18-20,24-28,36-37,39-40H,9-11,16-17,21-23H2,1-8H3,(H,50,53)(H,51,52)(H,54,60)(H,55,61). The Morgan fingerprint density at radius 1 is 0.815 bits per heavy atom. The first-order chi connectivity index (χ1) is 31.3. The molecule has 3 aromatic carbocycles. The van der Waals surface area contributed by atoms with Gasteiger partial charge < -0.3 is 49.3 Å². The molecule has 4 amide bonds. The molecule has 16 heteroatoms. The fourth-order valence-electron chi connectivity index (χ4n) is 10.2. The van der Waals surface area contributed by atoms with Crippen molar-refractivity contribution in [2.75, 3.05) is 34.5 Å². The van der Waals surface area contributed by atoms with Crippen LogP contribution in [0.4, 0.5) is 9.59 Å². The topological polar surface area (TPSA) is 193 Å². The normalized spacial score (nSPS) is 21.3.